The van der Waals surface area contributed by atoms with E-state index in [0.29, 0.717) is 38.5 Å². The summed E-state index contributed by atoms with van der Waals surface area (Å²) in [7, 11) is 0. The maximum Gasteiger partial charge on any atom is 0.225 e. The predicted octanol–water partition coefficient (Wildman–Crippen LogP) is 2.63. The van der Waals surface area contributed by atoms with E-state index in [1.165, 1.54) is 32.1 Å². The molecule has 6 nitrogen and oxygen atoms in total. The zero-order valence-electron chi connectivity index (χ0n) is 17.2. The van der Waals surface area contributed by atoms with E-state index in [-0.39, 0.29) is 30.1 Å². The Hall–Kier alpha value is -2.37. The van der Waals surface area contributed by atoms with E-state index in [1.807, 2.05) is 30.3 Å². The minimum absolute atomic E-state index is 0.0185. The van der Waals surface area contributed by atoms with Gasteiger partial charge in [0.2, 0.25) is 17.7 Å². The van der Waals surface area contributed by atoms with Crippen molar-refractivity contribution in [3.63, 3.8) is 0 Å². The highest BCUT2D eigenvalue weighted by atomic mass is 16.2. The number of carbonyl (C=O) groups is 3. The largest absolute Gasteiger partial charge is 0.354 e. The lowest BCUT2D eigenvalue weighted by Crippen LogP contribution is -2.38. The van der Waals surface area contributed by atoms with Gasteiger partial charge < -0.3 is 15.5 Å². The monoisotopic (exact) mass is 399 g/mol. The molecule has 1 heterocycles. The molecule has 0 bridgehead atoms. The van der Waals surface area contributed by atoms with Crippen molar-refractivity contribution < 1.29 is 14.4 Å². The molecule has 29 heavy (non-hydrogen) atoms. The van der Waals surface area contributed by atoms with E-state index in [4.69, 9.17) is 0 Å². The number of rotatable bonds is 9. The molecule has 2 aliphatic rings. The van der Waals surface area contributed by atoms with Crippen LogP contribution in [0.1, 0.15) is 56.9 Å². The van der Waals surface area contributed by atoms with Crippen molar-refractivity contribution in [2.45, 2.75) is 57.9 Å². The Morgan fingerprint density at radius 2 is 1.72 bits per heavy atom. The molecule has 1 aliphatic carbocycles. The van der Waals surface area contributed by atoms with Crippen LogP contribution in [0.25, 0.3) is 0 Å². The fourth-order valence-electron chi connectivity index (χ4n) is 4.34. The summed E-state index contributed by atoms with van der Waals surface area (Å²) >= 11 is 0. The predicted molar refractivity (Wildman–Crippen MR) is 112 cm³/mol. The number of nitrogens with one attached hydrogen (secondary N) is 2. The summed E-state index contributed by atoms with van der Waals surface area (Å²) in [5, 5.41) is 5.75. The van der Waals surface area contributed by atoms with Crippen molar-refractivity contribution in [1.29, 1.82) is 0 Å². The SMILES string of the molecule is O=C(CCC1CCCCC1)NCCNC(=O)C1CC(=O)N(Cc2ccccc2)C1. The Labute approximate surface area is 173 Å². The Kier molecular flexibility index (Phi) is 8.08. The van der Waals surface area contributed by atoms with Crippen LogP contribution in [0.2, 0.25) is 0 Å². The number of hydrogen-bond acceptors (Lipinski definition) is 3. The van der Waals surface area contributed by atoms with Crippen LogP contribution >= 0.6 is 0 Å². The second-order valence-corrected chi connectivity index (χ2v) is 8.34. The first-order valence-electron chi connectivity index (χ1n) is 11.0. The smallest absolute Gasteiger partial charge is 0.225 e. The molecule has 2 fully saturated rings. The fraction of sp³-hybridized carbons (Fsp3) is 0.609. The van der Waals surface area contributed by atoms with Gasteiger partial charge in [0.1, 0.15) is 0 Å². The summed E-state index contributed by atoms with van der Waals surface area (Å²) in [5.74, 6) is 0.367. The summed E-state index contributed by atoms with van der Waals surface area (Å²) in [6.45, 7) is 1.83. The highest BCUT2D eigenvalue weighted by Crippen LogP contribution is 2.27. The summed E-state index contributed by atoms with van der Waals surface area (Å²) in [6.07, 6.45) is 8.24. The molecule has 1 aromatic carbocycles. The maximum atomic E-state index is 12.4. The van der Waals surface area contributed by atoms with Gasteiger partial charge in [-0.3, -0.25) is 14.4 Å². The molecule has 1 saturated heterocycles. The average Bonchev–Trinajstić information content (AvgIpc) is 3.11. The normalized spacial score (nSPS) is 19.9. The van der Waals surface area contributed by atoms with Gasteiger partial charge in [0.15, 0.2) is 0 Å². The van der Waals surface area contributed by atoms with Crippen molar-refractivity contribution >= 4 is 17.7 Å². The molecule has 2 N–H and O–H groups in total. The Morgan fingerprint density at radius 3 is 2.48 bits per heavy atom. The number of nitrogens with zero attached hydrogens (tertiary/aromatic N) is 1. The zero-order valence-corrected chi connectivity index (χ0v) is 17.2. The van der Waals surface area contributed by atoms with Gasteiger partial charge in [0.05, 0.1) is 5.92 Å². The van der Waals surface area contributed by atoms with Gasteiger partial charge in [0.25, 0.3) is 0 Å². The first-order valence-corrected chi connectivity index (χ1v) is 11.0. The third-order valence-electron chi connectivity index (χ3n) is 6.05. The summed E-state index contributed by atoms with van der Waals surface area (Å²) in [4.78, 5) is 38.3. The van der Waals surface area contributed by atoms with Gasteiger partial charge in [-0.15, -0.1) is 0 Å². The van der Waals surface area contributed by atoms with E-state index >= 15 is 0 Å². The van der Waals surface area contributed by atoms with Crippen molar-refractivity contribution in [1.82, 2.24) is 15.5 Å². The third-order valence-corrected chi connectivity index (χ3v) is 6.05. The first-order chi connectivity index (χ1) is 14.1. The van der Waals surface area contributed by atoms with E-state index in [2.05, 4.69) is 10.6 Å². The molecule has 3 amide bonds. The standard InChI is InChI=1S/C23H33N3O3/c27-21(12-11-18-7-3-1-4-8-18)24-13-14-25-23(29)20-15-22(28)26(17-20)16-19-9-5-2-6-10-19/h2,5-6,9-10,18,20H,1,3-4,7-8,11-17H2,(H,24,27)(H,25,29). The molecule has 0 radical (unpaired) electrons. The Bertz CT molecular complexity index is 686. The van der Waals surface area contributed by atoms with Crippen LogP contribution in [0.5, 0.6) is 0 Å². The molecule has 1 unspecified atom stereocenters. The molecule has 0 aromatic heterocycles. The minimum atomic E-state index is -0.312. The Morgan fingerprint density at radius 1 is 1.00 bits per heavy atom. The quantitative estimate of drug-likeness (QED) is 0.627. The van der Waals surface area contributed by atoms with Gasteiger partial charge in [-0.05, 0) is 17.9 Å². The summed E-state index contributed by atoms with van der Waals surface area (Å²) in [6, 6.07) is 9.81. The number of likely N-dealkylation sites (tertiary alicyclic amines) is 1. The Balaban J connectivity index is 1.29. The van der Waals surface area contributed by atoms with Gasteiger partial charge >= 0.3 is 0 Å². The van der Waals surface area contributed by atoms with Gasteiger partial charge in [-0.1, -0.05) is 62.4 Å². The molecular formula is C23H33N3O3. The molecular weight excluding hydrogens is 366 g/mol. The van der Waals surface area contributed by atoms with Crippen LogP contribution in [0.3, 0.4) is 0 Å². The molecule has 6 heteroatoms. The molecule has 3 rings (SSSR count). The van der Waals surface area contributed by atoms with Crippen LogP contribution in [0.15, 0.2) is 30.3 Å². The summed E-state index contributed by atoms with van der Waals surface area (Å²) in [5.41, 5.74) is 1.07. The van der Waals surface area contributed by atoms with Crippen molar-refractivity contribution in [2.24, 2.45) is 11.8 Å². The van der Waals surface area contributed by atoms with Crippen molar-refractivity contribution in [2.75, 3.05) is 19.6 Å². The van der Waals surface area contributed by atoms with E-state index in [9.17, 15) is 14.4 Å². The molecule has 1 atom stereocenters. The molecule has 158 valence electrons. The maximum absolute atomic E-state index is 12.4. The second kappa shape index (κ2) is 11.0. The summed E-state index contributed by atoms with van der Waals surface area (Å²) < 4.78 is 0. The van der Waals surface area contributed by atoms with Crippen LogP contribution < -0.4 is 10.6 Å². The lowest BCUT2D eigenvalue weighted by Gasteiger charge is -2.21. The number of carbonyl (C=O) groups excluding carboxylic acids is 3. The van der Waals surface area contributed by atoms with Crippen LogP contribution in [-0.4, -0.2) is 42.3 Å². The van der Waals surface area contributed by atoms with Gasteiger partial charge in [-0.2, -0.15) is 0 Å². The van der Waals surface area contributed by atoms with E-state index in [1.54, 1.807) is 4.90 Å². The lowest BCUT2D eigenvalue weighted by atomic mass is 9.86. The molecule has 1 saturated carbocycles. The third kappa shape index (κ3) is 6.87. The van der Waals surface area contributed by atoms with Crippen LogP contribution in [0.4, 0.5) is 0 Å². The van der Waals surface area contributed by atoms with Crippen LogP contribution in [-0.2, 0) is 20.9 Å². The van der Waals surface area contributed by atoms with E-state index in [0.717, 1.165) is 12.0 Å². The fourth-order valence-corrected chi connectivity index (χ4v) is 4.34. The highest BCUT2D eigenvalue weighted by molar-refractivity contribution is 5.89. The molecule has 1 aliphatic heterocycles. The van der Waals surface area contributed by atoms with Gasteiger partial charge in [-0.25, -0.2) is 0 Å². The van der Waals surface area contributed by atoms with E-state index < -0.39 is 0 Å². The number of benzene rings is 1. The first kappa shape index (κ1) is 21.3. The number of hydrogen-bond donors (Lipinski definition) is 2. The van der Waals surface area contributed by atoms with Crippen molar-refractivity contribution in [3.05, 3.63) is 35.9 Å². The second-order valence-electron chi connectivity index (χ2n) is 8.34. The average molecular weight is 400 g/mol. The lowest BCUT2D eigenvalue weighted by molar-refractivity contribution is -0.129. The minimum Gasteiger partial charge on any atom is -0.354 e. The number of amides is 3. The van der Waals surface area contributed by atoms with Crippen molar-refractivity contribution in [3.8, 4) is 0 Å². The highest BCUT2D eigenvalue weighted by Gasteiger charge is 2.33. The van der Waals surface area contributed by atoms with Crippen LogP contribution in [0, 0.1) is 11.8 Å². The topological polar surface area (TPSA) is 78.5 Å². The zero-order chi connectivity index (χ0) is 20.5. The molecule has 0 spiro atoms. The molecule has 1 aromatic rings. The van der Waals surface area contributed by atoms with Gasteiger partial charge in [0, 0.05) is 39.0 Å².